The average Bonchev–Trinajstić information content (AvgIpc) is 3.69. The monoisotopic (exact) mass is 568 g/mol. The van der Waals surface area contributed by atoms with E-state index in [1.165, 1.54) is 0 Å². The summed E-state index contributed by atoms with van der Waals surface area (Å²) in [6.07, 6.45) is 0.712. The Morgan fingerprint density at radius 1 is 0.878 bits per heavy atom. The molecule has 2 bridgehead atoms. The molecular weight excluding hydrogens is 536 g/mol. The Bertz CT molecular complexity index is 1610. The molecule has 2 N–H and O–H groups in total. The predicted octanol–water partition coefficient (Wildman–Crippen LogP) is 5.76. The van der Waals surface area contributed by atoms with Crippen LogP contribution in [0.2, 0.25) is 5.02 Å². The van der Waals surface area contributed by atoms with Gasteiger partial charge in [-0.3, -0.25) is 14.4 Å². The average molecular weight is 569 g/mol. The first-order valence-corrected chi connectivity index (χ1v) is 14.3. The van der Waals surface area contributed by atoms with Crippen LogP contribution in [0.1, 0.15) is 48.0 Å². The van der Waals surface area contributed by atoms with Crippen molar-refractivity contribution in [1.29, 1.82) is 0 Å². The lowest BCUT2D eigenvalue weighted by atomic mass is 9.85. The fourth-order valence-electron chi connectivity index (χ4n) is 6.06. The molecule has 2 fully saturated rings. The summed E-state index contributed by atoms with van der Waals surface area (Å²) in [5.41, 5.74) is 3.23. The summed E-state index contributed by atoms with van der Waals surface area (Å²) in [6.45, 7) is 6.73. The van der Waals surface area contributed by atoms with Crippen molar-refractivity contribution in [2.75, 3.05) is 13.1 Å². The predicted molar refractivity (Wildman–Crippen MR) is 161 cm³/mol. The molecule has 2 aliphatic heterocycles. The fourth-order valence-corrected chi connectivity index (χ4v) is 6.32. The molecule has 0 spiro atoms. The number of nitrogens with zero attached hydrogens (tertiary/aromatic N) is 2. The van der Waals surface area contributed by atoms with Crippen LogP contribution in [0.3, 0.4) is 0 Å². The standard InChI is InChI=1S/C33H33ClN4O3/c1-33(2,3)29(36-30(39)28-16-22-11-7-8-12-27(22)35-28)32(41)38-19-23-17-24(38)18-37(23)31(40)25-14-13-21(15-26(25)34)20-9-5-4-6-10-20/h4-16,23-24,29,35H,17-19H2,1-3H3,(H,36,39). The van der Waals surface area contributed by atoms with Gasteiger partial charge in [0.1, 0.15) is 11.7 Å². The number of aromatic nitrogens is 1. The smallest absolute Gasteiger partial charge is 0.268 e. The first-order chi connectivity index (χ1) is 19.6. The highest BCUT2D eigenvalue weighted by atomic mass is 35.5. The zero-order valence-corrected chi connectivity index (χ0v) is 24.1. The minimum atomic E-state index is -0.718. The van der Waals surface area contributed by atoms with Crippen molar-refractivity contribution in [3.63, 3.8) is 0 Å². The number of aromatic amines is 1. The maximum Gasteiger partial charge on any atom is 0.268 e. The van der Waals surface area contributed by atoms with Gasteiger partial charge in [-0.15, -0.1) is 0 Å². The number of piperazine rings is 1. The van der Waals surface area contributed by atoms with E-state index in [-0.39, 0.29) is 29.8 Å². The maximum absolute atomic E-state index is 13.9. The van der Waals surface area contributed by atoms with Crippen LogP contribution in [-0.2, 0) is 4.79 Å². The molecule has 0 saturated carbocycles. The van der Waals surface area contributed by atoms with E-state index in [2.05, 4.69) is 10.3 Å². The summed E-state index contributed by atoms with van der Waals surface area (Å²) in [5.74, 6) is -0.551. The number of likely N-dealkylation sites (tertiary alicyclic amines) is 2. The molecule has 0 aliphatic carbocycles. The molecule has 3 amide bonds. The number of nitrogens with one attached hydrogen (secondary N) is 2. The fraction of sp³-hybridized carbons (Fsp3) is 0.303. The van der Waals surface area contributed by atoms with E-state index in [1.807, 2.05) is 97.3 Å². The van der Waals surface area contributed by atoms with Crippen molar-refractivity contribution in [3.8, 4) is 11.1 Å². The normalized spacial score (nSPS) is 19.0. The van der Waals surface area contributed by atoms with E-state index in [9.17, 15) is 14.4 Å². The Labute approximate surface area is 244 Å². The second kappa shape index (κ2) is 10.4. The molecule has 6 rings (SSSR count). The van der Waals surface area contributed by atoms with E-state index < -0.39 is 11.5 Å². The highest BCUT2D eigenvalue weighted by Gasteiger charge is 2.50. The number of hydrogen-bond donors (Lipinski definition) is 2. The number of halogens is 1. The zero-order valence-electron chi connectivity index (χ0n) is 23.4. The maximum atomic E-state index is 13.9. The van der Waals surface area contributed by atoms with E-state index >= 15 is 0 Å². The Balaban J connectivity index is 1.15. The van der Waals surface area contributed by atoms with Crippen molar-refractivity contribution in [3.05, 3.63) is 95.1 Å². The number of rotatable bonds is 5. The van der Waals surface area contributed by atoms with E-state index in [0.717, 1.165) is 22.0 Å². The second-order valence-electron chi connectivity index (χ2n) is 12.1. The van der Waals surface area contributed by atoms with Crippen molar-refractivity contribution in [2.45, 2.75) is 45.3 Å². The zero-order chi connectivity index (χ0) is 28.9. The molecule has 3 unspecified atom stereocenters. The molecule has 3 aromatic carbocycles. The minimum absolute atomic E-state index is 0.0913. The van der Waals surface area contributed by atoms with Crippen LogP contribution in [-0.4, -0.2) is 63.7 Å². The van der Waals surface area contributed by atoms with E-state index in [4.69, 9.17) is 11.6 Å². The number of para-hydroxylation sites is 1. The highest BCUT2D eigenvalue weighted by molar-refractivity contribution is 6.34. The number of amides is 3. The molecule has 4 aromatic rings. The Morgan fingerprint density at radius 3 is 2.22 bits per heavy atom. The first-order valence-electron chi connectivity index (χ1n) is 13.9. The molecule has 2 aliphatic rings. The topological polar surface area (TPSA) is 85.5 Å². The van der Waals surface area contributed by atoms with Crippen LogP contribution < -0.4 is 5.32 Å². The summed E-state index contributed by atoms with van der Waals surface area (Å²) >= 11 is 6.60. The summed E-state index contributed by atoms with van der Waals surface area (Å²) in [7, 11) is 0. The van der Waals surface area contributed by atoms with Gasteiger partial charge in [-0.1, -0.05) is 87.0 Å². The van der Waals surface area contributed by atoms with Gasteiger partial charge in [-0.2, -0.15) is 0 Å². The number of hydrogen-bond acceptors (Lipinski definition) is 3. The lowest BCUT2D eigenvalue weighted by Crippen LogP contribution is -2.59. The van der Waals surface area contributed by atoms with Gasteiger partial charge in [0, 0.05) is 24.0 Å². The number of benzene rings is 3. The molecule has 3 atom stereocenters. The largest absolute Gasteiger partial charge is 0.351 e. The Kier molecular flexibility index (Phi) is 6.86. The first kappa shape index (κ1) is 27.1. The number of carbonyl (C=O) groups is 3. The Hall–Kier alpha value is -4.10. The summed E-state index contributed by atoms with van der Waals surface area (Å²) < 4.78 is 0. The van der Waals surface area contributed by atoms with Gasteiger partial charge < -0.3 is 20.1 Å². The van der Waals surface area contributed by atoms with Crippen LogP contribution in [0.4, 0.5) is 0 Å². The van der Waals surface area contributed by atoms with Gasteiger partial charge in [0.2, 0.25) is 5.91 Å². The minimum Gasteiger partial charge on any atom is -0.351 e. The third kappa shape index (κ3) is 5.10. The number of carbonyl (C=O) groups excluding carboxylic acids is 3. The van der Waals surface area contributed by atoms with Gasteiger partial charge in [0.05, 0.1) is 22.7 Å². The number of H-pyrrole nitrogens is 1. The van der Waals surface area contributed by atoms with Gasteiger partial charge in [-0.05, 0) is 47.2 Å². The van der Waals surface area contributed by atoms with Gasteiger partial charge >= 0.3 is 0 Å². The molecule has 7 nitrogen and oxygen atoms in total. The van der Waals surface area contributed by atoms with Gasteiger partial charge in [0.25, 0.3) is 11.8 Å². The third-order valence-corrected chi connectivity index (χ3v) is 8.57. The molecule has 41 heavy (non-hydrogen) atoms. The van der Waals surface area contributed by atoms with Crippen LogP contribution in [0.25, 0.3) is 22.0 Å². The molecule has 210 valence electrons. The van der Waals surface area contributed by atoms with Crippen LogP contribution in [0.15, 0.2) is 78.9 Å². The molecule has 8 heteroatoms. The second-order valence-corrected chi connectivity index (χ2v) is 12.5. The van der Waals surface area contributed by atoms with Crippen molar-refractivity contribution >= 4 is 40.2 Å². The SMILES string of the molecule is CC(C)(C)C(NC(=O)c1cc2ccccc2[nH]1)C(=O)N1CC2CC1CN2C(=O)c1ccc(-c2ccccc2)cc1Cl. The lowest BCUT2D eigenvalue weighted by molar-refractivity contribution is -0.138. The molecule has 1 aromatic heterocycles. The van der Waals surface area contributed by atoms with Crippen molar-refractivity contribution < 1.29 is 14.4 Å². The highest BCUT2D eigenvalue weighted by Crippen LogP contribution is 2.35. The van der Waals surface area contributed by atoms with Crippen LogP contribution in [0.5, 0.6) is 0 Å². The summed E-state index contributed by atoms with van der Waals surface area (Å²) in [4.78, 5) is 47.4. The van der Waals surface area contributed by atoms with Gasteiger partial charge in [-0.25, -0.2) is 0 Å². The summed E-state index contributed by atoms with van der Waals surface area (Å²) in [6, 6.07) is 24.0. The summed E-state index contributed by atoms with van der Waals surface area (Å²) in [5, 5.41) is 4.35. The van der Waals surface area contributed by atoms with E-state index in [0.29, 0.717) is 35.8 Å². The Morgan fingerprint density at radius 2 is 1.56 bits per heavy atom. The van der Waals surface area contributed by atoms with Crippen LogP contribution in [0, 0.1) is 5.41 Å². The quantitative estimate of drug-likeness (QED) is 0.321. The molecular formula is C33H33ClN4O3. The number of fused-ring (bicyclic) bond motifs is 3. The van der Waals surface area contributed by atoms with E-state index in [1.54, 1.807) is 12.1 Å². The van der Waals surface area contributed by atoms with Crippen molar-refractivity contribution in [2.24, 2.45) is 5.41 Å². The lowest BCUT2D eigenvalue weighted by Gasteiger charge is -2.39. The van der Waals surface area contributed by atoms with Gasteiger partial charge in [0.15, 0.2) is 0 Å². The third-order valence-electron chi connectivity index (χ3n) is 8.25. The molecule has 3 heterocycles. The van der Waals surface area contributed by atoms with Crippen LogP contribution >= 0.6 is 11.6 Å². The molecule has 0 radical (unpaired) electrons. The molecule has 2 saturated heterocycles. The van der Waals surface area contributed by atoms with Crippen molar-refractivity contribution in [1.82, 2.24) is 20.1 Å².